The highest BCUT2D eigenvalue weighted by Crippen LogP contribution is 2.40. The largest absolute Gasteiger partial charge is 0.491 e. The van der Waals surface area contributed by atoms with Gasteiger partial charge in [0.2, 0.25) is 0 Å². The summed E-state index contributed by atoms with van der Waals surface area (Å²) >= 11 is 0. The first-order valence-corrected chi connectivity index (χ1v) is 8.38. The molecule has 1 aliphatic rings. The molecule has 3 aromatic rings. The van der Waals surface area contributed by atoms with Gasteiger partial charge in [-0.2, -0.15) is 0 Å². The second-order valence-corrected chi connectivity index (χ2v) is 6.10. The molecule has 1 saturated carbocycles. The molecule has 0 saturated heterocycles. The third kappa shape index (κ3) is 3.21. The van der Waals surface area contributed by atoms with Crippen LogP contribution in [0.3, 0.4) is 0 Å². The molecule has 0 spiro atoms. The van der Waals surface area contributed by atoms with Crippen LogP contribution < -0.4 is 10.1 Å². The average molecular weight is 337 g/mol. The molecule has 6 heteroatoms. The number of carbonyl (C=O) groups excluding carboxylic acids is 1. The zero-order valence-corrected chi connectivity index (χ0v) is 13.7. The number of hydrogen-bond donors (Lipinski definition) is 2. The van der Waals surface area contributed by atoms with Gasteiger partial charge < -0.3 is 19.6 Å². The van der Waals surface area contributed by atoms with Crippen LogP contribution in [0.15, 0.2) is 48.7 Å². The molecule has 1 fully saturated rings. The summed E-state index contributed by atoms with van der Waals surface area (Å²) in [7, 11) is 0. The third-order valence-electron chi connectivity index (χ3n) is 4.21. The number of fused-ring (bicyclic) bond motifs is 1. The number of anilines is 1. The third-order valence-corrected chi connectivity index (χ3v) is 4.21. The zero-order chi connectivity index (χ0) is 17.2. The zero-order valence-electron chi connectivity index (χ0n) is 13.7. The minimum Gasteiger partial charge on any atom is -0.491 e. The van der Waals surface area contributed by atoms with Crippen LogP contribution in [-0.2, 0) is 0 Å². The van der Waals surface area contributed by atoms with Crippen LogP contribution in [0.1, 0.15) is 35.1 Å². The second-order valence-electron chi connectivity index (χ2n) is 6.10. The summed E-state index contributed by atoms with van der Waals surface area (Å²) in [6.45, 7) is 0.214. The van der Waals surface area contributed by atoms with Crippen LogP contribution in [0, 0.1) is 0 Å². The van der Waals surface area contributed by atoms with E-state index in [2.05, 4.69) is 10.3 Å². The molecule has 2 aromatic heterocycles. The van der Waals surface area contributed by atoms with Gasteiger partial charge in [-0.05, 0) is 49.2 Å². The number of amides is 1. The first-order valence-electron chi connectivity index (χ1n) is 8.38. The lowest BCUT2D eigenvalue weighted by Gasteiger charge is -2.06. The number of pyridine rings is 1. The molecule has 0 radical (unpaired) electrons. The lowest BCUT2D eigenvalue weighted by atomic mass is 10.2. The molecule has 2 heterocycles. The van der Waals surface area contributed by atoms with E-state index in [4.69, 9.17) is 9.84 Å². The van der Waals surface area contributed by atoms with Crippen molar-refractivity contribution in [3.05, 3.63) is 60.2 Å². The number of aliphatic hydroxyl groups is 1. The van der Waals surface area contributed by atoms with E-state index in [9.17, 15) is 4.79 Å². The van der Waals surface area contributed by atoms with E-state index >= 15 is 0 Å². The van der Waals surface area contributed by atoms with Crippen LogP contribution in [0.4, 0.5) is 5.69 Å². The summed E-state index contributed by atoms with van der Waals surface area (Å²) in [6, 6.07) is 12.8. The van der Waals surface area contributed by atoms with E-state index in [0.29, 0.717) is 23.0 Å². The summed E-state index contributed by atoms with van der Waals surface area (Å²) in [5.74, 6) is 1.85. The molecule has 0 aliphatic heterocycles. The van der Waals surface area contributed by atoms with Gasteiger partial charge in [0.05, 0.1) is 12.1 Å². The Morgan fingerprint density at radius 2 is 2.04 bits per heavy atom. The molecular formula is C19H19N3O3. The average Bonchev–Trinajstić information content (AvgIpc) is 3.41. The Hall–Kier alpha value is -2.86. The number of benzene rings is 1. The Kier molecular flexibility index (Phi) is 4.11. The van der Waals surface area contributed by atoms with Crippen LogP contribution in [0.2, 0.25) is 0 Å². The minimum atomic E-state index is -0.223. The maximum absolute atomic E-state index is 12.7. The fraction of sp³-hybridized carbons (Fsp3) is 0.263. The fourth-order valence-corrected chi connectivity index (χ4v) is 2.85. The van der Waals surface area contributed by atoms with Gasteiger partial charge in [0.25, 0.3) is 5.91 Å². The summed E-state index contributed by atoms with van der Waals surface area (Å²) in [5.41, 5.74) is 1.94. The number of nitrogens with one attached hydrogen (secondary N) is 1. The van der Waals surface area contributed by atoms with Gasteiger partial charge in [-0.1, -0.05) is 6.07 Å². The van der Waals surface area contributed by atoms with Crippen molar-refractivity contribution in [1.82, 2.24) is 9.38 Å². The molecule has 0 bridgehead atoms. The van der Waals surface area contributed by atoms with Crippen molar-refractivity contribution in [2.45, 2.75) is 18.8 Å². The highest BCUT2D eigenvalue weighted by molar-refractivity contribution is 6.07. The number of nitrogens with zero attached hydrogens (tertiary/aromatic N) is 2. The van der Waals surface area contributed by atoms with E-state index in [0.717, 1.165) is 24.2 Å². The fourth-order valence-electron chi connectivity index (χ4n) is 2.85. The Balaban J connectivity index is 1.56. The molecule has 1 amide bonds. The van der Waals surface area contributed by atoms with Gasteiger partial charge in [-0.25, -0.2) is 4.98 Å². The minimum absolute atomic E-state index is 0.0325. The van der Waals surface area contributed by atoms with Crippen molar-refractivity contribution in [3.8, 4) is 5.75 Å². The van der Waals surface area contributed by atoms with Crippen LogP contribution in [0.25, 0.3) is 5.52 Å². The Morgan fingerprint density at radius 3 is 2.76 bits per heavy atom. The van der Waals surface area contributed by atoms with Crippen molar-refractivity contribution in [2.75, 3.05) is 18.5 Å². The van der Waals surface area contributed by atoms with Gasteiger partial charge in [0.15, 0.2) is 5.69 Å². The molecule has 1 aromatic carbocycles. The summed E-state index contributed by atoms with van der Waals surface area (Å²) < 4.78 is 7.33. The number of imidazole rings is 1. The van der Waals surface area contributed by atoms with E-state index in [1.54, 1.807) is 24.3 Å². The van der Waals surface area contributed by atoms with Crippen molar-refractivity contribution in [1.29, 1.82) is 0 Å². The predicted octanol–water partition coefficient (Wildman–Crippen LogP) is 2.84. The van der Waals surface area contributed by atoms with Gasteiger partial charge in [0, 0.05) is 17.8 Å². The number of ether oxygens (including phenoxy) is 1. The summed E-state index contributed by atoms with van der Waals surface area (Å²) in [4.78, 5) is 17.3. The molecule has 0 unspecified atom stereocenters. The Labute approximate surface area is 145 Å². The molecule has 2 N–H and O–H groups in total. The second kappa shape index (κ2) is 6.57. The van der Waals surface area contributed by atoms with E-state index < -0.39 is 0 Å². The summed E-state index contributed by atoms with van der Waals surface area (Å²) in [5, 5.41) is 11.7. The first-order chi connectivity index (χ1) is 12.3. The topological polar surface area (TPSA) is 75.9 Å². The number of rotatable bonds is 6. The molecule has 128 valence electrons. The van der Waals surface area contributed by atoms with Crippen molar-refractivity contribution < 1.29 is 14.6 Å². The van der Waals surface area contributed by atoms with E-state index in [1.807, 2.05) is 28.8 Å². The van der Waals surface area contributed by atoms with Gasteiger partial charge >= 0.3 is 0 Å². The van der Waals surface area contributed by atoms with E-state index in [1.165, 1.54) is 0 Å². The lowest BCUT2D eigenvalue weighted by Crippen LogP contribution is -2.13. The molecule has 25 heavy (non-hydrogen) atoms. The SMILES string of the molecule is O=C(Nc1ccc(OCCO)cc1)c1nc(C2CC2)n2ccccc12. The highest BCUT2D eigenvalue weighted by atomic mass is 16.5. The monoisotopic (exact) mass is 337 g/mol. The smallest absolute Gasteiger partial charge is 0.276 e. The molecule has 0 atom stereocenters. The number of hydrogen-bond acceptors (Lipinski definition) is 4. The normalized spacial score (nSPS) is 13.8. The maximum Gasteiger partial charge on any atom is 0.276 e. The first kappa shape index (κ1) is 15.7. The Morgan fingerprint density at radius 1 is 1.24 bits per heavy atom. The van der Waals surface area contributed by atoms with Crippen LogP contribution in [-0.4, -0.2) is 33.6 Å². The van der Waals surface area contributed by atoms with Crippen LogP contribution >= 0.6 is 0 Å². The standard InChI is InChI=1S/C19H19N3O3/c23-11-12-25-15-8-6-14(7-9-15)20-19(24)17-16-3-1-2-10-22(16)18(21-17)13-4-5-13/h1-3,6-10,13,23H,4-5,11-12H2,(H,20,24). The lowest BCUT2D eigenvalue weighted by molar-refractivity contribution is 0.102. The highest BCUT2D eigenvalue weighted by Gasteiger charge is 2.30. The quantitative estimate of drug-likeness (QED) is 0.725. The predicted molar refractivity (Wildman–Crippen MR) is 94.1 cm³/mol. The van der Waals surface area contributed by atoms with Crippen molar-refractivity contribution in [3.63, 3.8) is 0 Å². The van der Waals surface area contributed by atoms with Crippen LogP contribution in [0.5, 0.6) is 5.75 Å². The van der Waals surface area contributed by atoms with Crippen molar-refractivity contribution in [2.24, 2.45) is 0 Å². The van der Waals surface area contributed by atoms with Gasteiger partial charge in [-0.3, -0.25) is 4.79 Å². The maximum atomic E-state index is 12.7. The van der Waals surface area contributed by atoms with E-state index in [-0.39, 0.29) is 19.1 Å². The van der Waals surface area contributed by atoms with Crippen molar-refractivity contribution >= 4 is 17.1 Å². The molecule has 6 nitrogen and oxygen atoms in total. The number of aromatic nitrogens is 2. The molecule has 4 rings (SSSR count). The molecule has 1 aliphatic carbocycles. The van der Waals surface area contributed by atoms with Gasteiger partial charge in [0.1, 0.15) is 18.2 Å². The molecular weight excluding hydrogens is 318 g/mol. The number of aliphatic hydroxyl groups excluding tert-OH is 1. The Bertz CT molecular complexity index is 898. The number of carbonyl (C=O) groups is 1. The summed E-state index contributed by atoms with van der Waals surface area (Å²) in [6.07, 6.45) is 4.22. The van der Waals surface area contributed by atoms with Gasteiger partial charge in [-0.15, -0.1) is 0 Å².